The average Bonchev–Trinajstić information content (AvgIpc) is 2.71. The Morgan fingerprint density at radius 1 is 1.47 bits per heavy atom. The van der Waals surface area contributed by atoms with Crippen molar-refractivity contribution in [1.82, 2.24) is 9.61 Å². The van der Waals surface area contributed by atoms with E-state index < -0.39 is 11.6 Å². The summed E-state index contributed by atoms with van der Waals surface area (Å²) in [4.78, 5) is 11.0. The summed E-state index contributed by atoms with van der Waals surface area (Å²) >= 11 is 0. The molecule has 0 aliphatic heterocycles. The summed E-state index contributed by atoms with van der Waals surface area (Å²) in [6, 6.07) is 3.33. The Kier molecular flexibility index (Phi) is 3.20. The Morgan fingerprint density at radius 3 is 2.74 bits per heavy atom. The van der Waals surface area contributed by atoms with Gasteiger partial charge in [-0.2, -0.15) is 5.10 Å². The van der Waals surface area contributed by atoms with Gasteiger partial charge in [0.1, 0.15) is 17.9 Å². The van der Waals surface area contributed by atoms with E-state index in [2.05, 4.69) is 5.10 Å². The van der Waals surface area contributed by atoms with E-state index in [4.69, 9.17) is 9.84 Å². The summed E-state index contributed by atoms with van der Waals surface area (Å²) in [6.45, 7) is 5.23. The van der Waals surface area contributed by atoms with Gasteiger partial charge in [-0.3, -0.25) is 0 Å². The maximum absolute atomic E-state index is 11.0. The Balaban J connectivity index is 2.39. The minimum atomic E-state index is -1.01. The Hall–Kier alpha value is -2.08. The first-order chi connectivity index (χ1) is 8.79. The van der Waals surface area contributed by atoms with E-state index in [0.29, 0.717) is 17.0 Å². The van der Waals surface area contributed by atoms with Crippen LogP contribution in [0.4, 0.5) is 0 Å². The number of aromatic nitrogens is 2. The highest BCUT2D eigenvalue weighted by Gasteiger charge is 2.17. The Labute approximate surface area is 110 Å². The number of carboxylic acids is 1. The van der Waals surface area contributed by atoms with Crippen LogP contribution < -0.4 is 4.74 Å². The summed E-state index contributed by atoms with van der Waals surface area (Å²) in [5.41, 5.74) is 0.421. The van der Waals surface area contributed by atoms with Crippen LogP contribution in [0.25, 0.3) is 5.52 Å². The Bertz CT molecular complexity index is 625. The molecule has 2 aromatic rings. The molecule has 0 unspecified atom stereocenters. The van der Waals surface area contributed by atoms with E-state index in [1.165, 1.54) is 10.7 Å². The van der Waals surface area contributed by atoms with E-state index in [9.17, 15) is 9.90 Å². The van der Waals surface area contributed by atoms with Crippen molar-refractivity contribution in [1.29, 1.82) is 0 Å². The minimum absolute atomic E-state index is 0.145. The van der Waals surface area contributed by atoms with Crippen molar-refractivity contribution in [3.05, 3.63) is 29.6 Å². The number of nitrogens with zero attached hydrogens (tertiary/aromatic N) is 2. The minimum Gasteiger partial charge on any atom is -0.489 e. The van der Waals surface area contributed by atoms with Crippen molar-refractivity contribution in [2.75, 3.05) is 6.61 Å². The van der Waals surface area contributed by atoms with E-state index in [1.807, 2.05) is 0 Å². The Morgan fingerprint density at radius 2 is 2.16 bits per heavy atom. The molecule has 0 saturated heterocycles. The van der Waals surface area contributed by atoms with Crippen molar-refractivity contribution in [3.8, 4) is 5.75 Å². The first kappa shape index (κ1) is 13.4. The van der Waals surface area contributed by atoms with Gasteiger partial charge in [0.2, 0.25) is 0 Å². The van der Waals surface area contributed by atoms with E-state index >= 15 is 0 Å². The van der Waals surface area contributed by atoms with Crippen LogP contribution in [0.15, 0.2) is 18.3 Å². The number of fused-ring (bicyclic) bond motifs is 1. The predicted octanol–water partition coefficient (Wildman–Crippen LogP) is 1.49. The summed E-state index contributed by atoms with van der Waals surface area (Å²) < 4.78 is 7.04. The molecular formula is C13H16N2O4. The van der Waals surface area contributed by atoms with Crippen LogP contribution >= 0.6 is 0 Å². The number of hydrogen-bond acceptors (Lipinski definition) is 4. The van der Waals surface area contributed by atoms with Gasteiger partial charge >= 0.3 is 5.97 Å². The van der Waals surface area contributed by atoms with Crippen LogP contribution in [0, 0.1) is 6.92 Å². The van der Waals surface area contributed by atoms with Crippen molar-refractivity contribution in [2.24, 2.45) is 0 Å². The molecule has 6 heteroatoms. The topological polar surface area (TPSA) is 84.1 Å². The van der Waals surface area contributed by atoms with Crippen LogP contribution in [0.3, 0.4) is 0 Å². The van der Waals surface area contributed by atoms with Gasteiger partial charge < -0.3 is 14.9 Å². The van der Waals surface area contributed by atoms with Gasteiger partial charge in [-0.05, 0) is 32.9 Å². The second-order valence-electron chi connectivity index (χ2n) is 5.04. The summed E-state index contributed by atoms with van der Waals surface area (Å²) in [5, 5.41) is 22.7. The molecule has 0 amide bonds. The van der Waals surface area contributed by atoms with Gasteiger partial charge in [0.25, 0.3) is 0 Å². The van der Waals surface area contributed by atoms with Crippen LogP contribution in [0.1, 0.15) is 29.9 Å². The first-order valence-electron chi connectivity index (χ1n) is 5.85. The number of rotatable bonds is 4. The molecule has 102 valence electrons. The third-order valence-corrected chi connectivity index (χ3v) is 2.68. The molecule has 0 bridgehead atoms. The monoisotopic (exact) mass is 264 g/mol. The molecule has 0 aliphatic rings. The smallest absolute Gasteiger partial charge is 0.339 e. The molecule has 2 rings (SSSR count). The summed E-state index contributed by atoms with van der Waals surface area (Å²) in [5.74, 6) is -0.450. The maximum atomic E-state index is 11.0. The molecule has 2 aromatic heterocycles. The van der Waals surface area contributed by atoms with Gasteiger partial charge in [-0.15, -0.1) is 0 Å². The molecule has 2 N–H and O–H groups in total. The fourth-order valence-electron chi connectivity index (χ4n) is 1.74. The van der Waals surface area contributed by atoms with Crippen LogP contribution in [0.5, 0.6) is 5.75 Å². The first-order valence-corrected chi connectivity index (χ1v) is 5.85. The number of hydrogen-bond donors (Lipinski definition) is 2. The van der Waals surface area contributed by atoms with Gasteiger partial charge in [-0.1, -0.05) is 0 Å². The van der Waals surface area contributed by atoms with E-state index in [-0.39, 0.29) is 12.2 Å². The van der Waals surface area contributed by atoms with Gasteiger partial charge in [-0.25, -0.2) is 9.31 Å². The molecule has 0 fully saturated rings. The second kappa shape index (κ2) is 4.55. The van der Waals surface area contributed by atoms with Crippen LogP contribution in [-0.4, -0.2) is 38.0 Å². The number of pyridine rings is 1. The quantitative estimate of drug-likeness (QED) is 0.874. The van der Waals surface area contributed by atoms with E-state index in [1.54, 1.807) is 32.9 Å². The molecule has 0 atom stereocenters. The zero-order chi connectivity index (χ0) is 14.2. The zero-order valence-electron chi connectivity index (χ0n) is 11.0. The predicted molar refractivity (Wildman–Crippen MR) is 68.7 cm³/mol. The molecule has 0 spiro atoms. The number of ether oxygens (including phenoxy) is 1. The highest BCUT2D eigenvalue weighted by atomic mass is 16.5. The number of carbonyl (C=O) groups is 1. The van der Waals surface area contributed by atoms with Crippen LogP contribution in [0.2, 0.25) is 0 Å². The third kappa shape index (κ3) is 2.68. The molecule has 2 heterocycles. The van der Waals surface area contributed by atoms with Gasteiger partial charge in [0.05, 0.1) is 23.0 Å². The van der Waals surface area contributed by atoms with Crippen LogP contribution in [-0.2, 0) is 0 Å². The lowest BCUT2D eigenvalue weighted by molar-refractivity contribution is 0.0280. The lowest BCUT2D eigenvalue weighted by atomic mass is 10.2. The second-order valence-corrected chi connectivity index (χ2v) is 5.04. The van der Waals surface area contributed by atoms with Crippen molar-refractivity contribution < 1.29 is 19.7 Å². The maximum Gasteiger partial charge on any atom is 0.339 e. The molecule has 19 heavy (non-hydrogen) atoms. The molecule has 0 radical (unpaired) electrons. The lowest BCUT2D eigenvalue weighted by Gasteiger charge is -2.19. The lowest BCUT2D eigenvalue weighted by Crippen LogP contribution is -2.28. The third-order valence-electron chi connectivity index (χ3n) is 2.68. The number of aliphatic hydroxyl groups is 1. The molecule has 6 nitrogen and oxygen atoms in total. The summed E-state index contributed by atoms with van der Waals surface area (Å²) in [7, 11) is 0. The molecule has 0 aromatic carbocycles. The van der Waals surface area contributed by atoms with Gasteiger partial charge in [0, 0.05) is 0 Å². The average molecular weight is 264 g/mol. The SMILES string of the molecule is Cc1c(OCC(C)(C)O)ccc2c(C(=O)O)cnn12. The van der Waals surface area contributed by atoms with Gasteiger partial charge in [0.15, 0.2) is 0 Å². The molecule has 0 aliphatic carbocycles. The highest BCUT2D eigenvalue weighted by molar-refractivity contribution is 5.95. The molecular weight excluding hydrogens is 248 g/mol. The normalized spacial score (nSPS) is 11.8. The fraction of sp³-hybridized carbons (Fsp3) is 0.385. The number of carboxylic acid groups (broad SMARTS) is 1. The standard InChI is InChI=1S/C13H16N2O4/c1-8-11(19-7-13(2,3)18)5-4-10-9(12(16)17)6-14-15(8)10/h4-6,18H,7H2,1-3H3,(H,16,17). The molecule has 0 saturated carbocycles. The van der Waals surface area contributed by atoms with E-state index in [0.717, 1.165) is 0 Å². The number of aromatic carboxylic acids is 1. The largest absolute Gasteiger partial charge is 0.489 e. The van der Waals surface area contributed by atoms with Crippen molar-refractivity contribution in [3.63, 3.8) is 0 Å². The summed E-state index contributed by atoms with van der Waals surface area (Å²) in [6.07, 6.45) is 1.31. The van der Waals surface area contributed by atoms with Crippen molar-refractivity contribution >= 4 is 11.5 Å². The number of aryl methyl sites for hydroxylation is 1. The fourth-order valence-corrected chi connectivity index (χ4v) is 1.74. The zero-order valence-corrected chi connectivity index (χ0v) is 11.0. The highest BCUT2D eigenvalue weighted by Crippen LogP contribution is 2.22. The van der Waals surface area contributed by atoms with Crippen molar-refractivity contribution in [2.45, 2.75) is 26.4 Å².